The number of fused-ring (bicyclic) bond motifs is 1. The van der Waals surface area contributed by atoms with E-state index in [0.29, 0.717) is 17.7 Å². The Kier molecular flexibility index (Phi) is 8.46. The quantitative estimate of drug-likeness (QED) is 0.426. The number of nitriles is 2. The van der Waals surface area contributed by atoms with Gasteiger partial charge in [0, 0.05) is 44.1 Å². The fourth-order valence-corrected chi connectivity index (χ4v) is 5.95. The minimum Gasteiger partial charge on any atom is -0.314 e. The zero-order valence-electron chi connectivity index (χ0n) is 18.7. The van der Waals surface area contributed by atoms with Gasteiger partial charge in [0.05, 0.1) is 27.3 Å². The topological polar surface area (TPSA) is 119 Å². The number of carbonyl (C=O) groups excluding carboxylic acids is 1. The SMILES string of the molecule is CCCn1c(=NC(=O)c2ccc(S(=O)(=O)N(CCC#N)CCC#N)cc2)sc2cc(F)cc(F)c21. The number of thiazole rings is 1. The number of amides is 1. The lowest BCUT2D eigenvalue weighted by molar-refractivity contribution is 0.0997. The Labute approximate surface area is 205 Å². The van der Waals surface area contributed by atoms with Crippen LogP contribution in [0.5, 0.6) is 0 Å². The third-order valence-electron chi connectivity index (χ3n) is 5.02. The van der Waals surface area contributed by atoms with Crippen molar-refractivity contribution in [3.05, 3.63) is 58.4 Å². The Bertz CT molecular complexity index is 1480. The summed E-state index contributed by atoms with van der Waals surface area (Å²) in [6, 6.07) is 10.9. The molecule has 12 heteroatoms. The van der Waals surface area contributed by atoms with Gasteiger partial charge in [-0.1, -0.05) is 18.3 Å². The van der Waals surface area contributed by atoms with Gasteiger partial charge in [0.25, 0.3) is 5.91 Å². The summed E-state index contributed by atoms with van der Waals surface area (Å²) < 4.78 is 56.8. The molecule has 0 atom stereocenters. The van der Waals surface area contributed by atoms with Crippen LogP contribution in [-0.2, 0) is 16.6 Å². The number of aryl methyl sites for hydroxylation is 1. The summed E-state index contributed by atoms with van der Waals surface area (Å²) in [6.45, 7) is 2.13. The van der Waals surface area contributed by atoms with Gasteiger partial charge in [0.2, 0.25) is 10.0 Å². The van der Waals surface area contributed by atoms with Gasteiger partial charge in [-0.15, -0.1) is 0 Å². The van der Waals surface area contributed by atoms with E-state index < -0.39 is 27.6 Å². The Morgan fingerprint density at radius 1 is 1.11 bits per heavy atom. The Morgan fingerprint density at radius 3 is 2.31 bits per heavy atom. The van der Waals surface area contributed by atoms with Crippen LogP contribution in [0.3, 0.4) is 0 Å². The van der Waals surface area contributed by atoms with Crippen molar-refractivity contribution in [3.63, 3.8) is 0 Å². The summed E-state index contributed by atoms with van der Waals surface area (Å²) in [4.78, 5) is 17.0. The molecular weight excluding hydrogens is 496 g/mol. The lowest BCUT2D eigenvalue weighted by Crippen LogP contribution is -2.32. The molecule has 0 saturated carbocycles. The second-order valence-electron chi connectivity index (χ2n) is 7.43. The van der Waals surface area contributed by atoms with Crippen molar-refractivity contribution in [1.29, 1.82) is 10.5 Å². The maximum Gasteiger partial charge on any atom is 0.279 e. The van der Waals surface area contributed by atoms with Crippen LogP contribution in [0.1, 0.15) is 36.5 Å². The van der Waals surface area contributed by atoms with Gasteiger partial charge in [0.15, 0.2) is 10.6 Å². The Hall–Kier alpha value is -3.45. The third kappa shape index (κ3) is 5.80. The maximum atomic E-state index is 14.4. The molecule has 0 aliphatic carbocycles. The Balaban J connectivity index is 1.95. The van der Waals surface area contributed by atoms with Crippen molar-refractivity contribution in [2.75, 3.05) is 13.1 Å². The predicted octanol–water partition coefficient (Wildman–Crippen LogP) is 3.95. The van der Waals surface area contributed by atoms with Gasteiger partial charge in [0.1, 0.15) is 5.82 Å². The molecule has 0 radical (unpaired) electrons. The summed E-state index contributed by atoms with van der Waals surface area (Å²) in [5, 5.41) is 17.6. The first-order valence-corrected chi connectivity index (χ1v) is 12.9. The van der Waals surface area contributed by atoms with Gasteiger partial charge in [-0.2, -0.15) is 19.8 Å². The van der Waals surface area contributed by atoms with Crippen LogP contribution in [0.2, 0.25) is 0 Å². The van der Waals surface area contributed by atoms with E-state index >= 15 is 0 Å². The van der Waals surface area contributed by atoms with Crippen molar-refractivity contribution in [3.8, 4) is 12.1 Å². The number of hydrogen-bond acceptors (Lipinski definition) is 6. The first-order chi connectivity index (χ1) is 16.7. The van der Waals surface area contributed by atoms with E-state index in [-0.39, 0.29) is 46.7 Å². The average Bonchev–Trinajstić information content (AvgIpc) is 3.16. The van der Waals surface area contributed by atoms with Crippen molar-refractivity contribution < 1.29 is 22.0 Å². The smallest absolute Gasteiger partial charge is 0.279 e. The van der Waals surface area contributed by atoms with Gasteiger partial charge < -0.3 is 4.57 Å². The molecule has 3 rings (SSSR count). The van der Waals surface area contributed by atoms with Gasteiger partial charge in [-0.05, 0) is 36.8 Å². The fraction of sp³-hybridized carbons (Fsp3) is 0.304. The van der Waals surface area contributed by atoms with Crippen LogP contribution in [0, 0.1) is 34.3 Å². The molecule has 8 nitrogen and oxygen atoms in total. The second kappa shape index (κ2) is 11.3. The summed E-state index contributed by atoms with van der Waals surface area (Å²) in [7, 11) is -3.98. The minimum atomic E-state index is -3.98. The van der Waals surface area contributed by atoms with Gasteiger partial charge in [-0.25, -0.2) is 17.2 Å². The molecule has 0 aliphatic rings. The molecule has 182 valence electrons. The zero-order valence-corrected chi connectivity index (χ0v) is 20.4. The molecule has 0 unspecified atom stereocenters. The molecule has 35 heavy (non-hydrogen) atoms. The largest absolute Gasteiger partial charge is 0.314 e. The molecule has 1 aromatic heterocycles. The standard InChI is InChI=1S/C23H21F2N5O3S2/c1-2-11-30-21-19(25)14-17(24)15-20(21)34-23(30)28-22(31)16-5-7-18(8-6-16)35(32,33)29(12-3-9-26)13-4-10-27/h5-8,14-15H,2-4,11-13H2,1H3. The molecule has 2 aromatic carbocycles. The second-order valence-corrected chi connectivity index (χ2v) is 10.4. The molecular formula is C23H21F2N5O3S2. The monoisotopic (exact) mass is 517 g/mol. The zero-order chi connectivity index (χ0) is 25.6. The van der Waals surface area contributed by atoms with Crippen LogP contribution in [0.4, 0.5) is 8.78 Å². The highest BCUT2D eigenvalue weighted by Crippen LogP contribution is 2.23. The highest BCUT2D eigenvalue weighted by molar-refractivity contribution is 7.89. The number of halogens is 2. The number of hydrogen-bond donors (Lipinski definition) is 0. The summed E-state index contributed by atoms with van der Waals surface area (Å²) in [5.74, 6) is -2.14. The minimum absolute atomic E-state index is 0.0302. The van der Waals surface area contributed by atoms with Crippen molar-refractivity contribution in [2.24, 2.45) is 4.99 Å². The number of sulfonamides is 1. The molecule has 0 N–H and O–H groups in total. The number of aromatic nitrogens is 1. The van der Waals surface area contributed by atoms with Crippen LogP contribution >= 0.6 is 11.3 Å². The van der Waals surface area contributed by atoms with Crippen molar-refractivity contribution in [1.82, 2.24) is 8.87 Å². The Morgan fingerprint density at radius 2 is 1.74 bits per heavy atom. The molecule has 0 fully saturated rings. The highest BCUT2D eigenvalue weighted by Gasteiger charge is 2.24. The highest BCUT2D eigenvalue weighted by atomic mass is 32.2. The average molecular weight is 518 g/mol. The molecule has 0 bridgehead atoms. The third-order valence-corrected chi connectivity index (χ3v) is 7.96. The van der Waals surface area contributed by atoms with E-state index in [0.717, 1.165) is 21.7 Å². The molecule has 0 aliphatic heterocycles. The predicted molar refractivity (Wildman–Crippen MR) is 126 cm³/mol. The summed E-state index contributed by atoms with van der Waals surface area (Å²) in [6.07, 6.45) is 0.569. The van der Waals surface area contributed by atoms with E-state index in [1.807, 2.05) is 19.1 Å². The van der Waals surface area contributed by atoms with E-state index in [1.54, 1.807) is 0 Å². The van der Waals surface area contributed by atoms with E-state index in [2.05, 4.69) is 4.99 Å². The first kappa shape index (κ1) is 26.2. The first-order valence-electron chi connectivity index (χ1n) is 10.6. The molecule has 1 amide bonds. The number of benzene rings is 2. The number of rotatable bonds is 9. The van der Waals surface area contributed by atoms with Crippen LogP contribution in [0.15, 0.2) is 46.3 Å². The van der Waals surface area contributed by atoms with Crippen molar-refractivity contribution in [2.45, 2.75) is 37.6 Å². The number of nitrogens with zero attached hydrogens (tertiary/aromatic N) is 5. The molecule has 3 aromatic rings. The lowest BCUT2D eigenvalue weighted by atomic mass is 10.2. The van der Waals surface area contributed by atoms with Gasteiger partial charge in [-0.3, -0.25) is 4.79 Å². The maximum absolute atomic E-state index is 14.4. The summed E-state index contributed by atoms with van der Waals surface area (Å²) >= 11 is 0.982. The van der Waals surface area contributed by atoms with Gasteiger partial charge >= 0.3 is 0 Å². The van der Waals surface area contributed by atoms with Crippen LogP contribution < -0.4 is 4.80 Å². The lowest BCUT2D eigenvalue weighted by Gasteiger charge is -2.20. The fourth-order valence-electron chi connectivity index (χ4n) is 3.42. The van der Waals surface area contributed by atoms with Crippen LogP contribution in [0.25, 0.3) is 10.2 Å². The van der Waals surface area contributed by atoms with E-state index in [1.165, 1.54) is 34.9 Å². The van der Waals surface area contributed by atoms with E-state index in [4.69, 9.17) is 10.5 Å². The van der Waals surface area contributed by atoms with E-state index in [9.17, 15) is 22.0 Å². The number of carbonyl (C=O) groups is 1. The van der Waals surface area contributed by atoms with Crippen molar-refractivity contribution >= 4 is 37.5 Å². The molecule has 1 heterocycles. The van der Waals surface area contributed by atoms with Crippen LogP contribution in [-0.4, -0.2) is 36.3 Å². The molecule has 0 spiro atoms. The normalized spacial score (nSPS) is 12.1. The summed E-state index contributed by atoms with van der Waals surface area (Å²) in [5.41, 5.74) is 0.276. The molecule has 0 saturated heterocycles.